The number of fused-ring (bicyclic) bond motifs is 1. The van der Waals surface area contributed by atoms with Crippen LogP contribution < -0.4 is 0 Å². The molecule has 2 atom stereocenters. The highest BCUT2D eigenvalue weighted by molar-refractivity contribution is 7.98. The van der Waals surface area contributed by atoms with Gasteiger partial charge in [-0.3, -0.25) is 4.79 Å². The second-order valence-electron chi connectivity index (χ2n) is 5.38. The first-order valence-electron chi connectivity index (χ1n) is 6.82. The van der Waals surface area contributed by atoms with Crippen LogP contribution in [0.1, 0.15) is 33.5 Å². The smallest absolute Gasteiger partial charge is 0.264 e. The lowest BCUT2D eigenvalue weighted by atomic mass is 10.0. The Morgan fingerprint density at radius 1 is 1.58 bits per heavy atom. The van der Waals surface area contributed by atoms with Gasteiger partial charge in [0, 0.05) is 17.2 Å². The van der Waals surface area contributed by atoms with Gasteiger partial charge in [-0.05, 0) is 36.1 Å². The van der Waals surface area contributed by atoms with Crippen LogP contribution in [-0.4, -0.2) is 40.9 Å². The average Bonchev–Trinajstić information content (AvgIpc) is 3.00. The highest BCUT2D eigenvalue weighted by Crippen LogP contribution is 2.34. The Kier molecular flexibility index (Phi) is 3.87. The quantitative estimate of drug-likeness (QED) is 0.911. The Balaban J connectivity index is 1.82. The molecule has 5 heteroatoms. The van der Waals surface area contributed by atoms with Gasteiger partial charge in [0.25, 0.3) is 5.91 Å². The predicted octanol–water partition coefficient (Wildman–Crippen LogP) is 2.38. The molecule has 0 spiro atoms. The normalized spacial score (nSPS) is 26.5. The monoisotopic (exact) mass is 297 g/mol. The first-order chi connectivity index (χ1) is 9.20. The van der Waals surface area contributed by atoms with E-state index in [1.54, 1.807) is 11.3 Å². The molecule has 1 aromatic rings. The van der Waals surface area contributed by atoms with E-state index in [2.05, 4.69) is 13.0 Å². The number of carbonyl (C=O) groups excluding carboxylic acids is 1. The summed E-state index contributed by atoms with van der Waals surface area (Å²) in [5.74, 6) is 2.73. The Morgan fingerprint density at radius 3 is 3.16 bits per heavy atom. The number of aliphatic hydroxyl groups is 1. The molecule has 0 aromatic carbocycles. The summed E-state index contributed by atoms with van der Waals surface area (Å²) >= 11 is 3.60. The molecular weight excluding hydrogens is 278 g/mol. The predicted molar refractivity (Wildman–Crippen MR) is 79.9 cm³/mol. The molecule has 0 radical (unpaired) electrons. The number of nitrogens with zero attached hydrogens (tertiary/aromatic N) is 1. The van der Waals surface area contributed by atoms with Crippen LogP contribution in [0.25, 0.3) is 0 Å². The maximum Gasteiger partial charge on any atom is 0.264 e. The van der Waals surface area contributed by atoms with Crippen LogP contribution in [0.3, 0.4) is 0 Å². The molecule has 0 saturated carbocycles. The Labute approximate surface area is 122 Å². The molecule has 2 unspecified atom stereocenters. The van der Waals surface area contributed by atoms with Gasteiger partial charge >= 0.3 is 0 Å². The lowest BCUT2D eigenvalue weighted by Gasteiger charge is -2.24. The van der Waals surface area contributed by atoms with E-state index in [4.69, 9.17) is 0 Å². The fourth-order valence-corrected chi connectivity index (χ4v) is 5.26. The van der Waals surface area contributed by atoms with Gasteiger partial charge in [0.1, 0.15) is 0 Å². The molecular formula is C14H19NO2S2. The van der Waals surface area contributed by atoms with Gasteiger partial charge in [-0.2, -0.15) is 11.8 Å². The van der Waals surface area contributed by atoms with Crippen LogP contribution in [0.4, 0.5) is 0 Å². The van der Waals surface area contributed by atoms with E-state index >= 15 is 0 Å². The minimum absolute atomic E-state index is 0.000929. The third-order valence-corrected chi connectivity index (χ3v) is 6.40. The van der Waals surface area contributed by atoms with Crippen molar-refractivity contribution in [3.63, 3.8) is 0 Å². The molecule has 1 fully saturated rings. The SMILES string of the molecule is CC1CCN(C(=O)c2cc3c(s2)CCSC3)C1CO. The molecule has 0 bridgehead atoms. The van der Waals surface area contributed by atoms with Crippen molar-refractivity contribution >= 4 is 29.0 Å². The largest absolute Gasteiger partial charge is 0.394 e. The number of amides is 1. The second-order valence-corrected chi connectivity index (χ2v) is 7.62. The van der Waals surface area contributed by atoms with E-state index in [0.29, 0.717) is 5.92 Å². The number of likely N-dealkylation sites (tertiary alicyclic amines) is 1. The van der Waals surface area contributed by atoms with Crippen molar-refractivity contribution in [2.75, 3.05) is 18.9 Å². The topological polar surface area (TPSA) is 40.5 Å². The molecule has 3 rings (SSSR count). The summed E-state index contributed by atoms with van der Waals surface area (Å²) in [6.07, 6.45) is 2.09. The van der Waals surface area contributed by atoms with Crippen LogP contribution >= 0.6 is 23.1 Å². The average molecular weight is 297 g/mol. The number of thioether (sulfide) groups is 1. The minimum atomic E-state index is 0.000929. The van der Waals surface area contributed by atoms with Crippen molar-refractivity contribution in [2.45, 2.75) is 31.6 Å². The van der Waals surface area contributed by atoms with Crippen molar-refractivity contribution in [1.29, 1.82) is 0 Å². The molecule has 2 aliphatic rings. The zero-order valence-electron chi connectivity index (χ0n) is 11.1. The molecule has 1 saturated heterocycles. The lowest BCUT2D eigenvalue weighted by molar-refractivity contribution is 0.0653. The third-order valence-electron chi connectivity index (χ3n) is 4.17. The number of rotatable bonds is 2. The van der Waals surface area contributed by atoms with E-state index in [0.717, 1.165) is 30.0 Å². The number of thiophene rings is 1. The van der Waals surface area contributed by atoms with Crippen LogP contribution in [0.5, 0.6) is 0 Å². The summed E-state index contributed by atoms with van der Waals surface area (Å²) in [4.78, 5) is 16.7. The van der Waals surface area contributed by atoms with E-state index in [-0.39, 0.29) is 18.6 Å². The molecule has 3 heterocycles. The highest BCUT2D eigenvalue weighted by Gasteiger charge is 2.35. The van der Waals surface area contributed by atoms with Crippen LogP contribution in [0.2, 0.25) is 0 Å². The first-order valence-corrected chi connectivity index (χ1v) is 8.79. The summed E-state index contributed by atoms with van der Waals surface area (Å²) in [7, 11) is 0. The third kappa shape index (κ3) is 2.43. The number of carbonyl (C=O) groups is 1. The van der Waals surface area contributed by atoms with Gasteiger partial charge in [-0.1, -0.05) is 6.92 Å². The number of aliphatic hydroxyl groups excluding tert-OH is 1. The molecule has 1 aromatic heterocycles. The molecule has 19 heavy (non-hydrogen) atoms. The fraction of sp³-hybridized carbons (Fsp3) is 0.643. The summed E-state index contributed by atoms with van der Waals surface area (Å²) in [5, 5.41) is 9.47. The van der Waals surface area contributed by atoms with E-state index in [1.807, 2.05) is 16.7 Å². The first kappa shape index (κ1) is 13.5. The second kappa shape index (κ2) is 5.46. The summed E-state index contributed by atoms with van der Waals surface area (Å²) < 4.78 is 0. The zero-order valence-corrected chi connectivity index (χ0v) is 12.7. The zero-order chi connectivity index (χ0) is 13.4. The van der Waals surface area contributed by atoms with Crippen molar-refractivity contribution < 1.29 is 9.90 Å². The van der Waals surface area contributed by atoms with Gasteiger partial charge in [0.05, 0.1) is 17.5 Å². The van der Waals surface area contributed by atoms with E-state index in [1.165, 1.54) is 16.2 Å². The van der Waals surface area contributed by atoms with Crippen LogP contribution in [0.15, 0.2) is 6.07 Å². The maximum atomic E-state index is 12.6. The number of hydrogen-bond donors (Lipinski definition) is 1. The van der Waals surface area contributed by atoms with Crippen LogP contribution in [-0.2, 0) is 12.2 Å². The van der Waals surface area contributed by atoms with Gasteiger partial charge < -0.3 is 10.0 Å². The summed E-state index contributed by atoms with van der Waals surface area (Å²) in [5.41, 5.74) is 1.34. The van der Waals surface area contributed by atoms with Crippen molar-refractivity contribution in [3.05, 3.63) is 21.4 Å². The Bertz CT molecular complexity index is 462. The summed E-state index contributed by atoms with van der Waals surface area (Å²) in [6.45, 7) is 2.97. The van der Waals surface area contributed by atoms with Gasteiger partial charge in [0.2, 0.25) is 0 Å². The minimum Gasteiger partial charge on any atom is -0.394 e. The number of hydrogen-bond acceptors (Lipinski definition) is 4. The summed E-state index contributed by atoms with van der Waals surface area (Å²) in [6, 6.07) is 2.08. The highest BCUT2D eigenvalue weighted by atomic mass is 32.2. The van der Waals surface area contributed by atoms with Crippen molar-refractivity contribution in [3.8, 4) is 0 Å². The lowest BCUT2D eigenvalue weighted by Crippen LogP contribution is -2.39. The standard InChI is InChI=1S/C14H19NO2S2/c1-9-2-4-15(11(9)7-16)14(17)13-6-10-8-18-5-3-12(10)19-13/h6,9,11,16H,2-5,7-8H2,1H3. The van der Waals surface area contributed by atoms with Crippen LogP contribution in [0, 0.1) is 5.92 Å². The fourth-order valence-electron chi connectivity index (χ4n) is 2.93. The van der Waals surface area contributed by atoms with E-state index < -0.39 is 0 Å². The molecule has 1 N–H and O–H groups in total. The molecule has 104 valence electrons. The maximum absolute atomic E-state index is 12.6. The molecule has 2 aliphatic heterocycles. The number of aryl methyl sites for hydroxylation is 1. The molecule has 3 nitrogen and oxygen atoms in total. The van der Waals surface area contributed by atoms with Gasteiger partial charge in [-0.15, -0.1) is 11.3 Å². The van der Waals surface area contributed by atoms with E-state index in [9.17, 15) is 9.90 Å². The molecule has 1 amide bonds. The Hall–Kier alpha value is -0.520. The van der Waals surface area contributed by atoms with Gasteiger partial charge in [0.15, 0.2) is 0 Å². The molecule has 0 aliphatic carbocycles. The van der Waals surface area contributed by atoms with Crippen molar-refractivity contribution in [1.82, 2.24) is 4.90 Å². The van der Waals surface area contributed by atoms with Crippen molar-refractivity contribution in [2.24, 2.45) is 5.92 Å². The van der Waals surface area contributed by atoms with Gasteiger partial charge in [-0.25, -0.2) is 0 Å². The Morgan fingerprint density at radius 2 is 2.42 bits per heavy atom.